The van der Waals surface area contributed by atoms with Crippen LogP contribution in [0.4, 0.5) is 5.69 Å². The molecule has 0 unspecified atom stereocenters. The minimum atomic E-state index is 0.684. The third kappa shape index (κ3) is 4.21. The van der Waals surface area contributed by atoms with Gasteiger partial charge in [-0.15, -0.1) is 5.10 Å². The summed E-state index contributed by atoms with van der Waals surface area (Å²) in [5, 5.41) is 4.81. The zero-order chi connectivity index (χ0) is 20.2. The van der Waals surface area contributed by atoms with Crippen molar-refractivity contribution in [3.63, 3.8) is 0 Å². The molecule has 1 saturated heterocycles. The van der Waals surface area contributed by atoms with Crippen LogP contribution in [-0.4, -0.2) is 47.1 Å². The monoisotopic (exact) mass is 410 g/mol. The Morgan fingerprint density at radius 2 is 1.72 bits per heavy atom. The molecule has 1 aliphatic heterocycles. The Hall–Kier alpha value is -2.64. The van der Waals surface area contributed by atoms with Gasteiger partial charge in [0, 0.05) is 12.6 Å². The summed E-state index contributed by atoms with van der Waals surface area (Å²) in [4.78, 5) is 3.91. The first-order chi connectivity index (χ1) is 14.2. The Balaban J connectivity index is 1.44. The van der Waals surface area contributed by atoms with Gasteiger partial charge in [0.25, 0.3) is 0 Å². The maximum absolute atomic E-state index is 5.81. The van der Waals surface area contributed by atoms with Crippen LogP contribution in [0.3, 0.4) is 0 Å². The van der Waals surface area contributed by atoms with Gasteiger partial charge in [-0.3, -0.25) is 0 Å². The molecule has 1 N–H and O–H groups in total. The molecule has 0 aliphatic carbocycles. The number of para-hydroxylation sites is 2. The second-order valence-corrected chi connectivity index (χ2v) is 7.69. The summed E-state index contributed by atoms with van der Waals surface area (Å²) in [5.74, 6) is 1.89. The fraction of sp³-hybridized carbons (Fsp3) is 0.364. The number of aromatic nitrogens is 3. The van der Waals surface area contributed by atoms with Crippen LogP contribution in [0.5, 0.6) is 5.75 Å². The first-order valence-electron chi connectivity index (χ1n) is 10.2. The molecule has 1 aromatic heterocycles. The van der Waals surface area contributed by atoms with E-state index in [1.807, 2.05) is 47.5 Å². The molecule has 6 nitrogen and oxygen atoms in total. The fourth-order valence-electron chi connectivity index (χ4n) is 3.86. The molecule has 152 valence electrons. The lowest BCUT2D eigenvalue weighted by Crippen LogP contribution is -3.14. The third-order valence-electron chi connectivity index (χ3n) is 5.42. The van der Waals surface area contributed by atoms with E-state index in [9.17, 15) is 0 Å². The molecular formula is C22H28N5OS+. The fourth-order valence-corrected chi connectivity index (χ4v) is 4.05. The molecule has 0 radical (unpaired) electrons. The number of quaternary nitrogens is 1. The number of rotatable bonds is 6. The van der Waals surface area contributed by atoms with Gasteiger partial charge in [-0.2, -0.15) is 4.68 Å². The average molecular weight is 411 g/mol. The van der Waals surface area contributed by atoms with Crippen molar-refractivity contribution in [3.05, 3.63) is 59.4 Å². The normalized spacial score (nSPS) is 14.9. The van der Waals surface area contributed by atoms with Gasteiger partial charge in [-0.1, -0.05) is 42.5 Å². The second kappa shape index (κ2) is 8.80. The quantitative estimate of drug-likeness (QED) is 0.634. The highest BCUT2D eigenvalue weighted by atomic mass is 32.1. The molecule has 7 heteroatoms. The van der Waals surface area contributed by atoms with Crippen molar-refractivity contribution in [3.8, 4) is 17.1 Å². The molecule has 0 atom stereocenters. The molecular weight excluding hydrogens is 382 g/mol. The lowest BCUT2D eigenvalue weighted by Gasteiger charge is -2.34. The molecule has 1 aliphatic rings. The van der Waals surface area contributed by atoms with Crippen molar-refractivity contribution in [2.75, 3.05) is 37.7 Å². The lowest BCUT2D eigenvalue weighted by atomic mass is 10.2. The minimum absolute atomic E-state index is 0.684. The third-order valence-corrected chi connectivity index (χ3v) is 5.91. The maximum Gasteiger partial charge on any atom is 0.202 e. The molecule has 0 bridgehead atoms. The first kappa shape index (κ1) is 19.7. The summed E-state index contributed by atoms with van der Waals surface area (Å²) in [6, 6.07) is 18.5. The van der Waals surface area contributed by atoms with Crippen LogP contribution < -0.4 is 14.5 Å². The molecule has 0 spiro atoms. The summed E-state index contributed by atoms with van der Waals surface area (Å²) in [6.45, 7) is 7.57. The van der Waals surface area contributed by atoms with Crippen LogP contribution in [0, 0.1) is 4.77 Å². The largest absolute Gasteiger partial charge is 0.492 e. The number of hydrogen-bond acceptors (Lipinski definition) is 4. The minimum Gasteiger partial charge on any atom is -0.492 e. The standard InChI is InChI=1S/C22H27N5OS/c1-3-28-20-12-8-7-11-19(20)26-15-13-25(14-16-26)17-27-22(29)24(2)21(23-27)18-9-5-4-6-10-18/h4-12H,3,13-17H2,1-2H3/p+1. The van der Waals surface area contributed by atoms with Gasteiger partial charge in [0.2, 0.25) is 4.77 Å². The molecule has 1 fully saturated rings. The molecule has 0 saturated carbocycles. The topological polar surface area (TPSA) is 39.7 Å². The number of piperazine rings is 1. The number of nitrogens with zero attached hydrogens (tertiary/aromatic N) is 4. The highest BCUT2D eigenvalue weighted by Crippen LogP contribution is 2.27. The second-order valence-electron chi connectivity index (χ2n) is 7.33. The van der Waals surface area contributed by atoms with Crippen LogP contribution in [0.15, 0.2) is 54.6 Å². The Bertz CT molecular complexity index is 1010. The van der Waals surface area contributed by atoms with Crippen LogP contribution in [0.2, 0.25) is 0 Å². The predicted molar refractivity (Wildman–Crippen MR) is 118 cm³/mol. The van der Waals surface area contributed by atoms with Crippen LogP contribution in [-0.2, 0) is 13.7 Å². The zero-order valence-electron chi connectivity index (χ0n) is 17.0. The zero-order valence-corrected chi connectivity index (χ0v) is 17.9. The van der Waals surface area contributed by atoms with Crippen molar-refractivity contribution >= 4 is 17.9 Å². The number of ether oxygens (including phenoxy) is 1. The highest BCUT2D eigenvalue weighted by Gasteiger charge is 2.23. The number of hydrogen-bond donors (Lipinski definition) is 1. The van der Waals surface area contributed by atoms with Gasteiger partial charge in [0.15, 0.2) is 12.5 Å². The number of nitrogens with one attached hydrogen (secondary N) is 1. The molecule has 2 aromatic carbocycles. The van der Waals surface area contributed by atoms with Gasteiger partial charge in [-0.05, 0) is 31.3 Å². The summed E-state index contributed by atoms with van der Waals surface area (Å²) in [5.41, 5.74) is 2.28. The SMILES string of the molecule is CCOc1ccccc1N1CC[NH+](Cn2nc(-c3ccccc3)n(C)c2=S)CC1. The van der Waals surface area contributed by atoms with Gasteiger partial charge in [-0.25, -0.2) is 0 Å². The Labute approximate surface area is 176 Å². The van der Waals surface area contributed by atoms with E-state index in [1.165, 1.54) is 10.6 Å². The predicted octanol–water partition coefficient (Wildman–Crippen LogP) is 2.38. The average Bonchev–Trinajstić information content (AvgIpc) is 3.04. The number of benzene rings is 2. The van der Waals surface area contributed by atoms with Crippen LogP contribution >= 0.6 is 12.2 Å². The lowest BCUT2D eigenvalue weighted by molar-refractivity contribution is -0.924. The molecule has 3 aromatic rings. The van der Waals surface area contributed by atoms with Gasteiger partial charge >= 0.3 is 0 Å². The molecule has 0 amide bonds. The Kier molecular flexibility index (Phi) is 5.97. The van der Waals surface area contributed by atoms with Gasteiger partial charge in [0.1, 0.15) is 5.75 Å². The van der Waals surface area contributed by atoms with Crippen LogP contribution in [0.1, 0.15) is 6.92 Å². The van der Waals surface area contributed by atoms with E-state index < -0.39 is 0 Å². The van der Waals surface area contributed by atoms with E-state index in [2.05, 4.69) is 35.2 Å². The van der Waals surface area contributed by atoms with Crippen molar-refractivity contribution in [1.82, 2.24) is 14.3 Å². The van der Waals surface area contributed by atoms with E-state index in [-0.39, 0.29) is 0 Å². The van der Waals surface area contributed by atoms with E-state index in [1.54, 1.807) is 0 Å². The maximum atomic E-state index is 5.81. The van der Waals surface area contributed by atoms with Gasteiger partial charge in [0.05, 0.1) is 38.5 Å². The first-order valence-corrected chi connectivity index (χ1v) is 10.6. The van der Waals surface area contributed by atoms with E-state index in [4.69, 9.17) is 22.1 Å². The van der Waals surface area contributed by atoms with E-state index >= 15 is 0 Å². The Morgan fingerprint density at radius 3 is 2.45 bits per heavy atom. The molecule has 29 heavy (non-hydrogen) atoms. The summed E-state index contributed by atoms with van der Waals surface area (Å²) in [6.07, 6.45) is 0. The summed E-state index contributed by atoms with van der Waals surface area (Å²) < 4.78 is 10.5. The van der Waals surface area contributed by atoms with E-state index in [0.29, 0.717) is 6.61 Å². The summed E-state index contributed by atoms with van der Waals surface area (Å²) in [7, 11) is 1.99. The highest BCUT2D eigenvalue weighted by molar-refractivity contribution is 7.71. The van der Waals surface area contributed by atoms with Crippen molar-refractivity contribution in [1.29, 1.82) is 0 Å². The Morgan fingerprint density at radius 1 is 1.03 bits per heavy atom. The molecule has 4 rings (SSSR count). The smallest absolute Gasteiger partial charge is 0.202 e. The molecule has 2 heterocycles. The van der Waals surface area contributed by atoms with Crippen molar-refractivity contribution in [2.24, 2.45) is 7.05 Å². The number of anilines is 1. The van der Waals surface area contributed by atoms with Crippen LogP contribution in [0.25, 0.3) is 11.4 Å². The van der Waals surface area contributed by atoms with Gasteiger partial charge < -0.3 is 19.1 Å². The van der Waals surface area contributed by atoms with Crippen molar-refractivity contribution in [2.45, 2.75) is 13.6 Å². The van der Waals surface area contributed by atoms with Crippen molar-refractivity contribution < 1.29 is 9.64 Å². The van der Waals surface area contributed by atoms with E-state index in [0.717, 1.165) is 54.8 Å². The summed E-state index contributed by atoms with van der Waals surface area (Å²) >= 11 is 5.65.